The van der Waals surface area contributed by atoms with Crippen LogP contribution in [0.2, 0.25) is 0 Å². The van der Waals surface area contributed by atoms with Gasteiger partial charge in [0.2, 0.25) is 5.91 Å². The molecule has 1 aliphatic rings. The van der Waals surface area contributed by atoms with Gasteiger partial charge in [-0.05, 0) is 23.8 Å². The smallest absolute Gasteiger partial charge is 0.471 e. The number of rotatable bonds is 5. The lowest BCUT2D eigenvalue weighted by Gasteiger charge is -2.38. The van der Waals surface area contributed by atoms with Crippen molar-refractivity contribution in [2.45, 2.75) is 24.5 Å². The van der Waals surface area contributed by atoms with Crippen LogP contribution in [0.25, 0.3) is 0 Å². The van der Waals surface area contributed by atoms with Gasteiger partial charge in [-0.2, -0.15) is 26.3 Å². The van der Waals surface area contributed by atoms with Gasteiger partial charge in [-0.1, -0.05) is 30.3 Å². The predicted octanol–water partition coefficient (Wildman–Crippen LogP) is 3.50. The first kappa shape index (κ1) is 23.2. The molecule has 2 atom stereocenters. The zero-order valence-corrected chi connectivity index (χ0v) is 16.2. The lowest BCUT2D eigenvalue weighted by Crippen LogP contribution is -2.52. The summed E-state index contributed by atoms with van der Waals surface area (Å²) >= 11 is 0. The number of nitrogens with zero attached hydrogens (tertiary/aromatic N) is 1. The molecular weight excluding hydrogens is 444 g/mol. The first-order valence-corrected chi connectivity index (χ1v) is 9.20. The van der Waals surface area contributed by atoms with Crippen LogP contribution in [0, 0.1) is 0 Å². The van der Waals surface area contributed by atoms with Crippen molar-refractivity contribution in [3.8, 4) is 5.75 Å². The Bertz CT molecular complexity index is 994. The Labute approximate surface area is 177 Å². The molecule has 0 saturated carbocycles. The van der Waals surface area contributed by atoms with E-state index in [1.807, 2.05) is 0 Å². The third kappa shape index (κ3) is 5.24. The second-order valence-corrected chi connectivity index (χ2v) is 7.06. The largest absolute Gasteiger partial charge is 0.481 e. The second-order valence-electron chi connectivity index (χ2n) is 7.06. The Kier molecular flexibility index (Phi) is 6.24. The van der Waals surface area contributed by atoms with Crippen LogP contribution in [-0.2, 0) is 15.8 Å². The SMILES string of the molecule is NC(=O)CN(CC1Nc2cc(C(F)(F)F)ccc2OC1c1ccccc1)C(=O)C(F)(F)F. The molecule has 2 aromatic rings. The molecule has 2 unspecified atom stereocenters. The number of hydrogen-bond donors (Lipinski definition) is 2. The minimum absolute atomic E-state index is 0.0479. The molecule has 0 aliphatic carbocycles. The molecule has 0 bridgehead atoms. The first-order chi connectivity index (χ1) is 14.9. The number of alkyl halides is 6. The molecule has 0 radical (unpaired) electrons. The molecule has 3 rings (SSSR count). The number of ether oxygens (including phenoxy) is 1. The second kappa shape index (κ2) is 8.60. The number of fused-ring (bicyclic) bond motifs is 1. The maximum absolute atomic E-state index is 13.1. The third-order valence-corrected chi connectivity index (χ3v) is 4.69. The van der Waals surface area contributed by atoms with E-state index in [2.05, 4.69) is 5.32 Å². The molecule has 0 aromatic heterocycles. The zero-order chi connectivity index (χ0) is 23.7. The molecule has 6 nitrogen and oxygen atoms in total. The van der Waals surface area contributed by atoms with E-state index in [4.69, 9.17) is 10.5 Å². The van der Waals surface area contributed by atoms with Gasteiger partial charge in [0.05, 0.1) is 23.8 Å². The average Bonchev–Trinajstić information content (AvgIpc) is 2.70. The third-order valence-electron chi connectivity index (χ3n) is 4.69. The van der Waals surface area contributed by atoms with E-state index >= 15 is 0 Å². The lowest BCUT2D eigenvalue weighted by molar-refractivity contribution is -0.186. The minimum atomic E-state index is -5.28. The van der Waals surface area contributed by atoms with Crippen LogP contribution < -0.4 is 15.8 Å². The molecule has 2 aromatic carbocycles. The van der Waals surface area contributed by atoms with Gasteiger partial charge in [0, 0.05) is 6.54 Å². The summed E-state index contributed by atoms with van der Waals surface area (Å²) in [6.45, 7) is -1.75. The Hall–Kier alpha value is -3.44. The fourth-order valence-electron chi connectivity index (χ4n) is 3.32. The molecule has 1 heterocycles. The molecule has 32 heavy (non-hydrogen) atoms. The van der Waals surface area contributed by atoms with Gasteiger partial charge in [-0.15, -0.1) is 0 Å². The summed E-state index contributed by atoms with van der Waals surface area (Å²) in [4.78, 5) is 23.3. The Morgan fingerprint density at radius 3 is 2.25 bits per heavy atom. The van der Waals surface area contributed by atoms with Gasteiger partial charge < -0.3 is 20.7 Å². The van der Waals surface area contributed by atoms with E-state index in [1.54, 1.807) is 30.3 Å². The highest BCUT2D eigenvalue weighted by atomic mass is 19.4. The first-order valence-electron chi connectivity index (χ1n) is 9.20. The predicted molar refractivity (Wildman–Crippen MR) is 100 cm³/mol. The van der Waals surface area contributed by atoms with E-state index in [9.17, 15) is 35.9 Å². The number of primary amides is 1. The molecule has 0 spiro atoms. The summed E-state index contributed by atoms with van der Waals surface area (Å²) in [7, 11) is 0. The van der Waals surface area contributed by atoms with Crippen molar-refractivity contribution in [1.29, 1.82) is 0 Å². The summed E-state index contributed by atoms with van der Waals surface area (Å²) in [5.74, 6) is -3.44. The number of amides is 2. The van der Waals surface area contributed by atoms with Crippen LogP contribution in [0.4, 0.5) is 32.0 Å². The van der Waals surface area contributed by atoms with Crippen LogP contribution in [0.1, 0.15) is 17.2 Å². The number of hydrogen-bond acceptors (Lipinski definition) is 4. The average molecular weight is 461 g/mol. The van der Waals surface area contributed by atoms with Crippen LogP contribution in [0.5, 0.6) is 5.75 Å². The van der Waals surface area contributed by atoms with Crippen molar-refractivity contribution in [3.05, 3.63) is 59.7 Å². The van der Waals surface area contributed by atoms with Gasteiger partial charge in [0.25, 0.3) is 0 Å². The molecule has 1 aliphatic heterocycles. The molecule has 2 amide bonds. The summed E-state index contributed by atoms with van der Waals surface area (Å²) in [6.07, 6.45) is -10.9. The molecular formula is C20H17F6N3O3. The van der Waals surface area contributed by atoms with Crippen LogP contribution in [0.3, 0.4) is 0 Å². The van der Waals surface area contributed by atoms with E-state index in [0.29, 0.717) is 5.56 Å². The maximum atomic E-state index is 13.1. The molecule has 3 N–H and O–H groups in total. The van der Waals surface area contributed by atoms with Crippen molar-refractivity contribution in [2.24, 2.45) is 5.73 Å². The Morgan fingerprint density at radius 1 is 1.03 bits per heavy atom. The van der Waals surface area contributed by atoms with E-state index < -0.39 is 55.0 Å². The number of nitrogens with one attached hydrogen (secondary N) is 1. The number of anilines is 1. The van der Waals surface area contributed by atoms with Gasteiger partial charge in [0.15, 0.2) is 0 Å². The molecule has 0 saturated heterocycles. The van der Waals surface area contributed by atoms with Crippen molar-refractivity contribution < 1.29 is 40.7 Å². The summed E-state index contributed by atoms with van der Waals surface area (Å²) < 4.78 is 84.2. The fourth-order valence-corrected chi connectivity index (χ4v) is 3.32. The van der Waals surface area contributed by atoms with E-state index in [-0.39, 0.29) is 16.3 Å². The number of carbonyl (C=O) groups is 2. The van der Waals surface area contributed by atoms with Crippen LogP contribution >= 0.6 is 0 Å². The zero-order valence-electron chi connectivity index (χ0n) is 16.2. The summed E-state index contributed by atoms with van der Waals surface area (Å²) in [5.41, 5.74) is 4.38. The Morgan fingerprint density at radius 2 is 1.69 bits per heavy atom. The minimum Gasteiger partial charge on any atom is -0.481 e. The normalized spacial score (nSPS) is 18.2. The molecule has 12 heteroatoms. The number of nitrogens with two attached hydrogens (primary N) is 1. The van der Waals surface area contributed by atoms with Crippen molar-refractivity contribution in [1.82, 2.24) is 4.90 Å². The highest BCUT2D eigenvalue weighted by molar-refractivity contribution is 5.87. The fraction of sp³-hybridized carbons (Fsp3) is 0.300. The quantitative estimate of drug-likeness (QED) is 0.668. The number of benzene rings is 2. The van der Waals surface area contributed by atoms with Crippen LogP contribution in [-0.4, -0.2) is 42.0 Å². The van der Waals surface area contributed by atoms with E-state index in [1.165, 1.54) is 0 Å². The maximum Gasteiger partial charge on any atom is 0.471 e. The van der Waals surface area contributed by atoms with Crippen molar-refractivity contribution in [2.75, 3.05) is 18.4 Å². The van der Waals surface area contributed by atoms with Gasteiger partial charge in [0.1, 0.15) is 11.9 Å². The van der Waals surface area contributed by atoms with Crippen molar-refractivity contribution >= 4 is 17.5 Å². The standard InChI is InChI=1S/C20H17F6N3O3/c21-19(22,23)12-6-7-15-13(8-12)28-14(17(32-15)11-4-2-1-3-5-11)9-29(10-16(27)30)18(31)20(24,25)26/h1-8,14,17,28H,9-10H2,(H2,27,30). The molecule has 172 valence electrons. The Balaban J connectivity index is 1.99. The highest BCUT2D eigenvalue weighted by Crippen LogP contribution is 2.41. The van der Waals surface area contributed by atoms with Gasteiger partial charge in [-0.25, -0.2) is 0 Å². The van der Waals surface area contributed by atoms with Crippen LogP contribution in [0.15, 0.2) is 48.5 Å². The van der Waals surface area contributed by atoms with Gasteiger partial charge >= 0.3 is 18.3 Å². The topological polar surface area (TPSA) is 84.7 Å². The highest BCUT2D eigenvalue weighted by Gasteiger charge is 2.45. The lowest BCUT2D eigenvalue weighted by atomic mass is 9.98. The monoisotopic (exact) mass is 461 g/mol. The number of halogens is 6. The summed E-state index contributed by atoms with van der Waals surface area (Å²) in [6, 6.07) is 9.73. The van der Waals surface area contributed by atoms with Gasteiger partial charge in [-0.3, -0.25) is 9.59 Å². The molecule has 0 fully saturated rings. The summed E-state index contributed by atoms with van der Waals surface area (Å²) in [5, 5.41) is 2.73. The van der Waals surface area contributed by atoms with Crippen molar-refractivity contribution in [3.63, 3.8) is 0 Å². The van der Waals surface area contributed by atoms with E-state index in [0.717, 1.165) is 18.2 Å². The number of carbonyl (C=O) groups excluding carboxylic acids is 2.